The minimum absolute atomic E-state index is 0.000627. The number of rotatable bonds is 8. The predicted molar refractivity (Wildman–Crippen MR) is 120 cm³/mol. The molecule has 4 aromatic rings. The molecular weight excluding hydrogens is 450 g/mol. The number of nitrogens with zero attached hydrogens (tertiary/aromatic N) is 2. The number of hydrogen-bond acceptors (Lipinski definition) is 3. The van der Waals surface area contributed by atoms with Crippen LogP contribution in [0, 0.1) is 11.6 Å². The molecule has 4 rings (SSSR count). The molecule has 0 radical (unpaired) electrons. The number of nitrogens with one attached hydrogen (secondary N) is 1. The second-order valence-electron chi connectivity index (χ2n) is 7.93. The summed E-state index contributed by atoms with van der Waals surface area (Å²) < 4.78 is 59.0. The summed E-state index contributed by atoms with van der Waals surface area (Å²) in [7, 11) is 0. The van der Waals surface area contributed by atoms with Crippen LogP contribution in [0.1, 0.15) is 37.7 Å². The minimum atomic E-state index is -3.00. The van der Waals surface area contributed by atoms with Crippen molar-refractivity contribution in [3.05, 3.63) is 82.3 Å². The van der Waals surface area contributed by atoms with Gasteiger partial charge in [0.15, 0.2) is 11.6 Å². The van der Waals surface area contributed by atoms with Crippen molar-refractivity contribution in [3.63, 3.8) is 0 Å². The number of para-hydroxylation sites is 1. The van der Waals surface area contributed by atoms with E-state index in [9.17, 15) is 27.2 Å². The van der Waals surface area contributed by atoms with Crippen molar-refractivity contribution in [2.75, 3.05) is 0 Å². The molecule has 1 unspecified atom stereocenters. The molecule has 9 heteroatoms. The SMILES string of the molecule is CCC(F)(F)C(CCC=O)c1ccc(-c2nn(-c3c(F)cccc3F)c3cc[nH]c(=O)c23)cc1. The molecule has 1 atom stereocenters. The maximum absolute atomic E-state index is 14.5. The fraction of sp³-hybridized carbons (Fsp3) is 0.240. The van der Waals surface area contributed by atoms with Crippen LogP contribution < -0.4 is 5.56 Å². The standard InChI is InChI=1S/C25H21F4N3O2/c1-2-25(28,29)17(5-4-14-33)15-8-10-16(11-9-15)22-21-20(12-13-30-24(21)34)32(31-22)23-18(26)6-3-7-19(23)27/h3,6-14,17H,2,4-5H2,1H3,(H,30,34). The van der Waals surface area contributed by atoms with Crippen molar-refractivity contribution >= 4 is 17.2 Å². The van der Waals surface area contributed by atoms with Crippen LogP contribution in [0.4, 0.5) is 17.6 Å². The molecule has 0 fully saturated rings. The summed E-state index contributed by atoms with van der Waals surface area (Å²) in [4.78, 5) is 25.9. The highest BCUT2D eigenvalue weighted by molar-refractivity contribution is 5.93. The molecule has 0 saturated heterocycles. The van der Waals surface area contributed by atoms with Gasteiger partial charge in [-0.15, -0.1) is 0 Å². The highest BCUT2D eigenvalue weighted by atomic mass is 19.3. The first kappa shape index (κ1) is 23.4. The first-order valence-corrected chi connectivity index (χ1v) is 10.7. The van der Waals surface area contributed by atoms with E-state index in [1.807, 2.05) is 0 Å². The molecule has 0 aliphatic carbocycles. The molecular formula is C25H21F4N3O2. The first-order valence-electron chi connectivity index (χ1n) is 10.7. The van der Waals surface area contributed by atoms with Gasteiger partial charge in [0.25, 0.3) is 11.5 Å². The fourth-order valence-electron chi connectivity index (χ4n) is 4.12. The van der Waals surface area contributed by atoms with Crippen LogP contribution in [-0.2, 0) is 4.79 Å². The van der Waals surface area contributed by atoms with E-state index in [2.05, 4.69) is 10.1 Å². The summed E-state index contributed by atoms with van der Waals surface area (Å²) in [6.45, 7) is 1.38. The van der Waals surface area contributed by atoms with Gasteiger partial charge in [-0.25, -0.2) is 22.2 Å². The molecule has 2 aromatic heterocycles. The van der Waals surface area contributed by atoms with E-state index in [1.165, 1.54) is 49.5 Å². The fourth-order valence-corrected chi connectivity index (χ4v) is 4.12. The Balaban J connectivity index is 1.85. The van der Waals surface area contributed by atoms with Crippen molar-refractivity contribution in [3.8, 4) is 16.9 Å². The largest absolute Gasteiger partial charge is 0.328 e. The number of aromatic amines is 1. The number of hydrogen-bond donors (Lipinski definition) is 1. The Kier molecular flexibility index (Phi) is 6.37. The third kappa shape index (κ3) is 4.13. The topological polar surface area (TPSA) is 67.8 Å². The molecule has 0 aliphatic rings. The van der Waals surface area contributed by atoms with E-state index < -0.39 is 34.7 Å². The second-order valence-corrected chi connectivity index (χ2v) is 7.93. The Morgan fingerprint density at radius 2 is 1.76 bits per heavy atom. The van der Waals surface area contributed by atoms with Crippen molar-refractivity contribution < 1.29 is 22.4 Å². The van der Waals surface area contributed by atoms with Gasteiger partial charge in [0.1, 0.15) is 17.7 Å². The van der Waals surface area contributed by atoms with E-state index in [-0.39, 0.29) is 35.9 Å². The summed E-state index contributed by atoms with van der Waals surface area (Å²) in [6, 6.07) is 10.9. The third-order valence-electron chi connectivity index (χ3n) is 5.89. The van der Waals surface area contributed by atoms with Crippen molar-refractivity contribution in [1.82, 2.24) is 14.8 Å². The van der Waals surface area contributed by atoms with Crippen LogP contribution in [0.3, 0.4) is 0 Å². The van der Waals surface area contributed by atoms with Gasteiger partial charge in [0, 0.05) is 30.5 Å². The number of H-pyrrole nitrogens is 1. The zero-order valence-electron chi connectivity index (χ0n) is 18.2. The Labute approximate surface area is 192 Å². The molecule has 5 nitrogen and oxygen atoms in total. The third-order valence-corrected chi connectivity index (χ3v) is 5.89. The smallest absolute Gasteiger partial charge is 0.259 e. The molecule has 34 heavy (non-hydrogen) atoms. The molecule has 0 amide bonds. The summed E-state index contributed by atoms with van der Waals surface area (Å²) in [5, 5.41) is 4.43. The lowest BCUT2D eigenvalue weighted by Gasteiger charge is -2.26. The monoisotopic (exact) mass is 471 g/mol. The number of fused-ring (bicyclic) bond motifs is 1. The van der Waals surface area contributed by atoms with Gasteiger partial charge in [-0.2, -0.15) is 5.10 Å². The van der Waals surface area contributed by atoms with Crippen molar-refractivity contribution in [2.45, 2.75) is 38.0 Å². The number of halogens is 4. The quantitative estimate of drug-likeness (QED) is 0.262. The second kappa shape index (κ2) is 9.24. The molecule has 0 bridgehead atoms. The normalized spacial score (nSPS) is 12.7. The lowest BCUT2D eigenvalue weighted by molar-refractivity contribution is -0.108. The Bertz CT molecular complexity index is 1370. The number of pyridine rings is 1. The van der Waals surface area contributed by atoms with E-state index in [4.69, 9.17) is 0 Å². The highest BCUT2D eigenvalue weighted by Crippen LogP contribution is 2.40. The molecule has 0 saturated carbocycles. The first-order chi connectivity index (χ1) is 16.3. The van der Waals surface area contributed by atoms with E-state index >= 15 is 0 Å². The molecule has 0 aliphatic heterocycles. The Hall–Kier alpha value is -3.75. The summed E-state index contributed by atoms with van der Waals surface area (Å²) in [6.07, 6.45) is 1.57. The minimum Gasteiger partial charge on any atom is -0.328 e. The number of carbonyl (C=O) groups is 1. The van der Waals surface area contributed by atoms with Gasteiger partial charge in [-0.05, 0) is 30.2 Å². The van der Waals surface area contributed by atoms with Gasteiger partial charge in [0.05, 0.1) is 10.9 Å². The van der Waals surface area contributed by atoms with Gasteiger partial charge in [0.2, 0.25) is 0 Å². The van der Waals surface area contributed by atoms with Crippen LogP contribution in [0.2, 0.25) is 0 Å². The molecule has 1 N–H and O–H groups in total. The maximum atomic E-state index is 14.5. The average molecular weight is 471 g/mol. The molecule has 176 valence electrons. The van der Waals surface area contributed by atoms with Gasteiger partial charge in [-0.3, -0.25) is 4.79 Å². The maximum Gasteiger partial charge on any atom is 0.259 e. The number of benzene rings is 2. The molecule has 0 spiro atoms. The zero-order chi connectivity index (χ0) is 24.5. The van der Waals surface area contributed by atoms with Gasteiger partial charge in [-0.1, -0.05) is 37.3 Å². The highest BCUT2D eigenvalue weighted by Gasteiger charge is 2.38. The summed E-state index contributed by atoms with van der Waals surface area (Å²) >= 11 is 0. The number of alkyl halides is 2. The molecule has 2 aromatic carbocycles. The van der Waals surface area contributed by atoms with Crippen LogP contribution >= 0.6 is 0 Å². The van der Waals surface area contributed by atoms with Crippen molar-refractivity contribution in [1.29, 1.82) is 0 Å². The van der Waals surface area contributed by atoms with E-state index in [0.29, 0.717) is 17.4 Å². The van der Waals surface area contributed by atoms with Crippen molar-refractivity contribution in [2.24, 2.45) is 0 Å². The summed E-state index contributed by atoms with van der Waals surface area (Å²) in [5.41, 5.74) is 0.148. The number of aromatic nitrogens is 3. The lowest BCUT2D eigenvalue weighted by Crippen LogP contribution is -2.25. The van der Waals surface area contributed by atoms with Crippen LogP contribution in [0.5, 0.6) is 0 Å². The van der Waals surface area contributed by atoms with Gasteiger partial charge < -0.3 is 9.78 Å². The number of aldehydes is 1. The Morgan fingerprint density at radius 1 is 1.09 bits per heavy atom. The van der Waals surface area contributed by atoms with Crippen LogP contribution in [-0.4, -0.2) is 27.0 Å². The van der Waals surface area contributed by atoms with Gasteiger partial charge >= 0.3 is 0 Å². The molecule has 2 heterocycles. The Morgan fingerprint density at radius 3 is 2.38 bits per heavy atom. The van der Waals surface area contributed by atoms with E-state index in [0.717, 1.165) is 16.8 Å². The van der Waals surface area contributed by atoms with Crippen LogP contribution in [0.25, 0.3) is 27.8 Å². The van der Waals surface area contributed by atoms with E-state index in [1.54, 1.807) is 0 Å². The average Bonchev–Trinajstić information content (AvgIpc) is 3.20. The van der Waals surface area contributed by atoms with Crippen LogP contribution in [0.15, 0.2) is 59.5 Å². The number of carbonyl (C=O) groups excluding carboxylic acids is 1. The zero-order valence-corrected chi connectivity index (χ0v) is 18.2. The summed E-state index contributed by atoms with van der Waals surface area (Å²) in [5.74, 6) is -5.86. The predicted octanol–water partition coefficient (Wildman–Crippen LogP) is 5.77. The lowest BCUT2D eigenvalue weighted by atomic mass is 9.86.